The lowest BCUT2D eigenvalue weighted by Gasteiger charge is -2.11. The van der Waals surface area contributed by atoms with Gasteiger partial charge in [0.2, 0.25) is 0 Å². The fourth-order valence-electron chi connectivity index (χ4n) is 2.41. The Balaban J connectivity index is 1.82. The van der Waals surface area contributed by atoms with Gasteiger partial charge in [0.25, 0.3) is 10.0 Å². The summed E-state index contributed by atoms with van der Waals surface area (Å²) in [6, 6.07) is 7.14. The number of hydrogen-bond donors (Lipinski definition) is 2. The summed E-state index contributed by atoms with van der Waals surface area (Å²) >= 11 is 6.17. The molecular weight excluding hydrogens is 410 g/mol. The second-order valence-electron chi connectivity index (χ2n) is 5.49. The minimum atomic E-state index is -3.97. The predicted molar refractivity (Wildman–Crippen MR) is 104 cm³/mol. The highest BCUT2D eigenvalue weighted by molar-refractivity contribution is 7.89. The third kappa shape index (κ3) is 4.12. The van der Waals surface area contributed by atoms with Gasteiger partial charge >= 0.3 is 5.76 Å². The molecule has 28 heavy (non-hydrogen) atoms. The van der Waals surface area contributed by atoms with E-state index in [2.05, 4.69) is 14.9 Å². The van der Waals surface area contributed by atoms with Gasteiger partial charge in [-0.3, -0.25) is 4.98 Å². The summed E-state index contributed by atoms with van der Waals surface area (Å²) in [6.45, 7) is 2.23. The van der Waals surface area contributed by atoms with E-state index < -0.39 is 15.8 Å². The van der Waals surface area contributed by atoms with Crippen molar-refractivity contribution in [3.63, 3.8) is 0 Å². The van der Waals surface area contributed by atoms with Gasteiger partial charge in [-0.25, -0.2) is 9.63 Å². The Morgan fingerprint density at radius 1 is 1.32 bits per heavy atom. The number of hydrogen-bond acceptors (Lipinski definition) is 7. The third-order valence-electron chi connectivity index (χ3n) is 3.63. The van der Waals surface area contributed by atoms with Crippen LogP contribution in [-0.4, -0.2) is 33.3 Å². The number of sulfonamides is 1. The van der Waals surface area contributed by atoms with E-state index >= 15 is 0 Å². The van der Waals surface area contributed by atoms with Gasteiger partial charge < -0.3 is 13.9 Å². The quantitative estimate of drug-likeness (QED) is 0.443. The average molecular weight is 426 g/mol. The number of fused-ring (bicyclic) bond motifs is 1. The van der Waals surface area contributed by atoms with Gasteiger partial charge in [0.1, 0.15) is 0 Å². The monoisotopic (exact) mass is 425 g/mol. The molecule has 2 N–H and O–H groups in total. The Hall–Kier alpha value is -2.98. The second-order valence-corrected chi connectivity index (χ2v) is 7.56. The first-order valence-electron chi connectivity index (χ1n) is 8.02. The molecule has 0 radical (unpaired) electrons. The number of nitrogens with zero attached hydrogens (tertiary/aromatic N) is 1. The molecule has 1 heterocycles. The molecule has 0 unspecified atom stereocenters. The van der Waals surface area contributed by atoms with E-state index in [1.165, 1.54) is 31.5 Å². The SMILES string of the molecule is CCOc1c(Cl)cc(/C=N/NS(=O)(=O)c2ccc3[nH]c(=O)oc3c2)cc1OC. The van der Waals surface area contributed by atoms with E-state index in [0.717, 1.165) is 0 Å². The Labute approximate surface area is 165 Å². The maximum Gasteiger partial charge on any atom is 0.417 e. The Morgan fingerprint density at radius 3 is 2.82 bits per heavy atom. The van der Waals surface area contributed by atoms with Crippen molar-refractivity contribution in [1.29, 1.82) is 0 Å². The first kappa shape index (κ1) is 19.8. The molecular formula is C17H16ClN3O6S. The minimum Gasteiger partial charge on any atom is -0.493 e. The topological polar surface area (TPSA) is 123 Å². The molecule has 11 heteroatoms. The molecule has 3 aromatic rings. The number of methoxy groups -OCH3 is 1. The Bertz CT molecular complexity index is 1200. The van der Waals surface area contributed by atoms with Crippen LogP contribution >= 0.6 is 11.6 Å². The molecule has 0 amide bonds. The zero-order chi connectivity index (χ0) is 20.3. The highest BCUT2D eigenvalue weighted by Gasteiger charge is 2.15. The molecule has 0 spiro atoms. The number of nitrogens with one attached hydrogen (secondary N) is 2. The number of aromatic nitrogens is 1. The molecule has 0 fully saturated rings. The predicted octanol–water partition coefficient (Wildman–Crippen LogP) is 2.49. The van der Waals surface area contributed by atoms with Crippen molar-refractivity contribution in [2.75, 3.05) is 13.7 Å². The number of hydrazone groups is 1. The molecule has 0 bridgehead atoms. The molecule has 2 aromatic carbocycles. The van der Waals surface area contributed by atoms with Gasteiger partial charge in [-0.05, 0) is 36.8 Å². The number of benzene rings is 2. The van der Waals surface area contributed by atoms with Crippen LogP contribution in [0.5, 0.6) is 11.5 Å². The number of ether oxygens (including phenoxy) is 2. The Morgan fingerprint density at radius 2 is 2.11 bits per heavy atom. The van der Waals surface area contributed by atoms with Crippen LogP contribution in [0.25, 0.3) is 11.1 Å². The van der Waals surface area contributed by atoms with Crippen molar-refractivity contribution in [2.24, 2.45) is 5.10 Å². The summed E-state index contributed by atoms with van der Waals surface area (Å²) in [5, 5.41) is 4.05. The van der Waals surface area contributed by atoms with Crippen LogP contribution < -0.4 is 20.1 Å². The summed E-state index contributed by atoms with van der Waals surface area (Å²) in [4.78, 5) is 15.6. The lowest BCUT2D eigenvalue weighted by molar-refractivity contribution is 0.311. The third-order valence-corrected chi connectivity index (χ3v) is 5.13. The van der Waals surface area contributed by atoms with Gasteiger partial charge in [0.05, 0.1) is 35.4 Å². The van der Waals surface area contributed by atoms with Crippen molar-refractivity contribution in [2.45, 2.75) is 11.8 Å². The maximum absolute atomic E-state index is 12.4. The van der Waals surface area contributed by atoms with E-state index in [1.54, 1.807) is 12.1 Å². The molecule has 148 valence electrons. The molecule has 1 aromatic heterocycles. The number of halogens is 1. The van der Waals surface area contributed by atoms with Gasteiger partial charge in [-0.1, -0.05) is 11.6 Å². The molecule has 0 aliphatic rings. The van der Waals surface area contributed by atoms with Crippen LogP contribution in [0.2, 0.25) is 5.02 Å². The smallest absolute Gasteiger partial charge is 0.417 e. The fourth-order valence-corrected chi connectivity index (χ4v) is 3.49. The molecule has 3 rings (SSSR count). The zero-order valence-corrected chi connectivity index (χ0v) is 16.4. The average Bonchev–Trinajstić information content (AvgIpc) is 3.02. The van der Waals surface area contributed by atoms with E-state index in [4.69, 9.17) is 25.5 Å². The van der Waals surface area contributed by atoms with Crippen LogP contribution in [0.3, 0.4) is 0 Å². The van der Waals surface area contributed by atoms with Gasteiger partial charge in [0, 0.05) is 6.07 Å². The lowest BCUT2D eigenvalue weighted by Crippen LogP contribution is -2.18. The van der Waals surface area contributed by atoms with Crippen molar-refractivity contribution in [1.82, 2.24) is 9.82 Å². The summed E-state index contributed by atoms with van der Waals surface area (Å²) in [5.74, 6) is 0.120. The fraction of sp³-hybridized carbons (Fsp3) is 0.176. The van der Waals surface area contributed by atoms with Crippen molar-refractivity contribution >= 4 is 38.9 Å². The minimum absolute atomic E-state index is 0.109. The first-order chi connectivity index (χ1) is 13.3. The molecule has 0 saturated heterocycles. The van der Waals surface area contributed by atoms with E-state index in [1.807, 2.05) is 6.92 Å². The van der Waals surface area contributed by atoms with Gasteiger partial charge in [-0.2, -0.15) is 13.5 Å². The summed E-state index contributed by atoms with van der Waals surface area (Å²) in [5.41, 5.74) is 1.02. The van der Waals surface area contributed by atoms with Crippen molar-refractivity contribution < 1.29 is 22.3 Å². The van der Waals surface area contributed by atoms with E-state index in [0.29, 0.717) is 34.2 Å². The van der Waals surface area contributed by atoms with Gasteiger partial charge in [0.15, 0.2) is 17.1 Å². The first-order valence-corrected chi connectivity index (χ1v) is 9.88. The number of aromatic amines is 1. The molecule has 0 aliphatic heterocycles. The standard InChI is InChI=1S/C17H16ClN3O6S/c1-3-26-16-12(18)6-10(7-15(16)25-2)9-19-21-28(23,24)11-4-5-13-14(8-11)27-17(22)20-13/h4-9,21H,3H2,1-2H3,(H,20,22)/b19-9+. The van der Waals surface area contributed by atoms with Crippen LogP contribution in [0.4, 0.5) is 0 Å². The summed E-state index contributed by atoms with van der Waals surface area (Å²) in [6.07, 6.45) is 1.27. The normalized spacial score (nSPS) is 11.8. The summed E-state index contributed by atoms with van der Waals surface area (Å²) in [7, 11) is -2.50. The second kappa shape index (κ2) is 7.95. The van der Waals surface area contributed by atoms with E-state index in [-0.39, 0.29) is 10.5 Å². The molecule has 0 aliphatic carbocycles. The van der Waals surface area contributed by atoms with Crippen LogP contribution in [0, 0.1) is 0 Å². The largest absolute Gasteiger partial charge is 0.493 e. The highest BCUT2D eigenvalue weighted by Crippen LogP contribution is 2.36. The van der Waals surface area contributed by atoms with Gasteiger partial charge in [-0.15, -0.1) is 0 Å². The van der Waals surface area contributed by atoms with E-state index in [9.17, 15) is 13.2 Å². The molecule has 0 saturated carbocycles. The highest BCUT2D eigenvalue weighted by atomic mass is 35.5. The number of oxazole rings is 1. The number of rotatable bonds is 7. The van der Waals surface area contributed by atoms with Crippen molar-refractivity contribution in [3.8, 4) is 11.5 Å². The Kier molecular flexibility index (Phi) is 5.61. The van der Waals surface area contributed by atoms with Crippen LogP contribution in [0.15, 0.2) is 49.5 Å². The number of H-pyrrole nitrogens is 1. The van der Waals surface area contributed by atoms with Crippen molar-refractivity contribution in [3.05, 3.63) is 51.5 Å². The molecule has 9 nitrogen and oxygen atoms in total. The van der Waals surface area contributed by atoms with Crippen LogP contribution in [-0.2, 0) is 10.0 Å². The lowest BCUT2D eigenvalue weighted by atomic mass is 10.2. The zero-order valence-electron chi connectivity index (χ0n) is 14.9. The summed E-state index contributed by atoms with van der Waals surface area (Å²) < 4.78 is 40.3. The molecule has 0 atom stereocenters. The van der Waals surface area contributed by atoms with Crippen LogP contribution in [0.1, 0.15) is 12.5 Å². The maximum atomic E-state index is 12.4.